The van der Waals surface area contributed by atoms with E-state index in [9.17, 15) is 9.59 Å². The highest BCUT2D eigenvalue weighted by Crippen LogP contribution is 2.41. The summed E-state index contributed by atoms with van der Waals surface area (Å²) in [5.74, 6) is 1.82. The third-order valence-corrected chi connectivity index (χ3v) is 7.85. The fourth-order valence-electron chi connectivity index (χ4n) is 5.04. The standard InChI is InChI=1S/C29H32N2O6S/c1-34-25-16-21-9-10-31-28(33)19-30(27(32)17-23-4-3-15-38-23)11-12-36-13-14-37-22-7-5-20(6-8-22)29(31)24(21)18-26(25)35-2/h3-8,15-16,18,29H,9-14,17,19H2,1-2H3. The Bertz CT molecular complexity index is 1260. The van der Waals surface area contributed by atoms with E-state index in [0.29, 0.717) is 50.8 Å². The molecule has 9 heteroatoms. The third kappa shape index (κ3) is 5.63. The number of methoxy groups -OCH3 is 2. The van der Waals surface area contributed by atoms with E-state index < -0.39 is 0 Å². The second-order valence-electron chi connectivity index (χ2n) is 9.25. The van der Waals surface area contributed by atoms with Gasteiger partial charge in [0.05, 0.1) is 46.4 Å². The van der Waals surface area contributed by atoms with Crippen molar-refractivity contribution >= 4 is 23.2 Å². The molecule has 200 valence electrons. The number of benzene rings is 2. The van der Waals surface area contributed by atoms with Gasteiger partial charge in [-0.15, -0.1) is 11.3 Å². The summed E-state index contributed by atoms with van der Waals surface area (Å²) in [6, 6.07) is 15.3. The zero-order valence-electron chi connectivity index (χ0n) is 21.7. The molecule has 4 heterocycles. The molecule has 1 aromatic heterocycles. The number of thiophene rings is 1. The normalized spacial score (nSPS) is 18.1. The van der Waals surface area contributed by atoms with Crippen molar-refractivity contribution < 1.29 is 28.5 Å². The van der Waals surface area contributed by atoms with Crippen molar-refractivity contribution in [2.24, 2.45) is 0 Å². The fourth-order valence-corrected chi connectivity index (χ4v) is 5.73. The minimum atomic E-state index is -0.337. The van der Waals surface area contributed by atoms with Gasteiger partial charge in [0.2, 0.25) is 11.8 Å². The first-order chi connectivity index (χ1) is 18.6. The molecule has 3 aromatic rings. The number of nitrogens with zero attached hydrogens (tertiary/aromatic N) is 2. The van der Waals surface area contributed by atoms with E-state index in [4.69, 9.17) is 18.9 Å². The number of rotatable bonds is 4. The maximum atomic E-state index is 13.9. The topological polar surface area (TPSA) is 77.5 Å². The average Bonchev–Trinajstić information content (AvgIpc) is 3.45. The Hall–Kier alpha value is -3.56. The first-order valence-corrected chi connectivity index (χ1v) is 13.6. The van der Waals surface area contributed by atoms with Crippen LogP contribution in [0.4, 0.5) is 0 Å². The summed E-state index contributed by atoms with van der Waals surface area (Å²) in [6.07, 6.45) is 0.934. The number of carbonyl (C=O) groups excluding carboxylic acids is 2. The van der Waals surface area contributed by atoms with E-state index in [1.54, 1.807) is 19.1 Å². The summed E-state index contributed by atoms with van der Waals surface area (Å²) in [4.78, 5) is 31.6. The number of carbonyl (C=O) groups is 2. The van der Waals surface area contributed by atoms with Crippen molar-refractivity contribution in [3.8, 4) is 17.2 Å². The number of hydrogen-bond acceptors (Lipinski definition) is 7. The van der Waals surface area contributed by atoms with Gasteiger partial charge in [-0.05, 0) is 58.8 Å². The van der Waals surface area contributed by atoms with Crippen LogP contribution in [0.3, 0.4) is 0 Å². The number of hydrogen-bond donors (Lipinski definition) is 0. The number of amides is 2. The first-order valence-electron chi connectivity index (χ1n) is 12.7. The molecule has 1 unspecified atom stereocenters. The Balaban J connectivity index is 1.51. The quantitative estimate of drug-likeness (QED) is 0.473. The van der Waals surface area contributed by atoms with Gasteiger partial charge in [-0.25, -0.2) is 0 Å². The maximum Gasteiger partial charge on any atom is 0.242 e. The number of ether oxygens (including phenoxy) is 4. The Morgan fingerprint density at radius 2 is 1.82 bits per heavy atom. The molecule has 6 rings (SSSR count). The van der Waals surface area contributed by atoms with Gasteiger partial charge in [-0.3, -0.25) is 9.59 Å². The van der Waals surface area contributed by atoms with E-state index in [0.717, 1.165) is 27.3 Å². The van der Waals surface area contributed by atoms with Crippen molar-refractivity contribution in [1.29, 1.82) is 0 Å². The lowest BCUT2D eigenvalue weighted by atomic mass is 9.87. The van der Waals surface area contributed by atoms with Crippen LogP contribution < -0.4 is 14.2 Å². The molecular formula is C29H32N2O6S. The molecule has 3 aliphatic rings. The van der Waals surface area contributed by atoms with Crippen LogP contribution in [0.1, 0.15) is 27.6 Å². The smallest absolute Gasteiger partial charge is 0.242 e. The molecule has 0 saturated heterocycles. The highest BCUT2D eigenvalue weighted by atomic mass is 32.1. The molecule has 0 saturated carbocycles. The molecule has 0 N–H and O–H groups in total. The van der Waals surface area contributed by atoms with Crippen LogP contribution in [0, 0.1) is 0 Å². The Morgan fingerprint density at radius 1 is 1.03 bits per heavy atom. The molecular weight excluding hydrogens is 504 g/mol. The molecule has 3 aliphatic heterocycles. The zero-order valence-corrected chi connectivity index (χ0v) is 22.5. The van der Waals surface area contributed by atoms with Crippen molar-refractivity contribution in [2.75, 3.05) is 53.7 Å². The van der Waals surface area contributed by atoms with Gasteiger partial charge in [-0.2, -0.15) is 0 Å². The van der Waals surface area contributed by atoms with Crippen LogP contribution in [-0.2, 0) is 27.2 Å². The molecule has 38 heavy (non-hydrogen) atoms. The van der Waals surface area contributed by atoms with E-state index in [-0.39, 0.29) is 30.8 Å². The molecule has 2 amide bonds. The average molecular weight is 537 g/mol. The fraction of sp³-hybridized carbons (Fsp3) is 0.379. The second-order valence-corrected chi connectivity index (χ2v) is 10.3. The predicted molar refractivity (Wildman–Crippen MR) is 144 cm³/mol. The summed E-state index contributed by atoms with van der Waals surface area (Å²) in [5, 5.41) is 1.95. The van der Waals surface area contributed by atoms with Gasteiger partial charge in [-0.1, -0.05) is 18.2 Å². The second kappa shape index (κ2) is 11.9. The monoisotopic (exact) mass is 536 g/mol. The van der Waals surface area contributed by atoms with Crippen molar-refractivity contribution in [3.63, 3.8) is 0 Å². The zero-order chi connectivity index (χ0) is 26.5. The Kier molecular flexibility index (Phi) is 8.14. The molecule has 0 spiro atoms. The van der Waals surface area contributed by atoms with Gasteiger partial charge >= 0.3 is 0 Å². The van der Waals surface area contributed by atoms with E-state index in [2.05, 4.69) is 0 Å². The lowest BCUT2D eigenvalue weighted by Gasteiger charge is -2.39. The third-order valence-electron chi connectivity index (χ3n) is 6.98. The molecule has 0 fully saturated rings. The predicted octanol–water partition coefficient (Wildman–Crippen LogP) is 3.72. The highest BCUT2D eigenvalue weighted by Gasteiger charge is 2.34. The highest BCUT2D eigenvalue weighted by molar-refractivity contribution is 7.10. The van der Waals surface area contributed by atoms with Gasteiger partial charge in [0, 0.05) is 18.0 Å². The lowest BCUT2D eigenvalue weighted by Crippen LogP contribution is -2.48. The van der Waals surface area contributed by atoms with Crippen LogP contribution in [0.25, 0.3) is 0 Å². The minimum absolute atomic E-state index is 0.0126. The van der Waals surface area contributed by atoms with Gasteiger partial charge in [0.1, 0.15) is 12.4 Å². The van der Waals surface area contributed by atoms with E-state index in [1.807, 2.05) is 58.8 Å². The Labute approximate surface area is 226 Å². The van der Waals surface area contributed by atoms with Crippen LogP contribution >= 0.6 is 11.3 Å². The Morgan fingerprint density at radius 3 is 2.55 bits per heavy atom. The summed E-state index contributed by atoms with van der Waals surface area (Å²) < 4.78 is 22.7. The summed E-state index contributed by atoms with van der Waals surface area (Å²) in [7, 11) is 3.23. The van der Waals surface area contributed by atoms with Crippen LogP contribution in [0.15, 0.2) is 53.9 Å². The maximum absolute atomic E-state index is 13.9. The molecule has 2 aromatic carbocycles. The van der Waals surface area contributed by atoms with Crippen LogP contribution in [-0.4, -0.2) is 75.3 Å². The molecule has 0 aliphatic carbocycles. The van der Waals surface area contributed by atoms with Crippen molar-refractivity contribution in [2.45, 2.75) is 18.9 Å². The summed E-state index contributed by atoms with van der Waals surface area (Å²) in [6.45, 7) is 1.96. The largest absolute Gasteiger partial charge is 0.493 e. The lowest BCUT2D eigenvalue weighted by molar-refractivity contribution is -0.142. The van der Waals surface area contributed by atoms with Crippen LogP contribution in [0.5, 0.6) is 17.2 Å². The van der Waals surface area contributed by atoms with Gasteiger partial charge < -0.3 is 28.7 Å². The number of fused-ring (bicyclic) bond motifs is 11. The first kappa shape index (κ1) is 26.1. The molecule has 1 atom stereocenters. The van der Waals surface area contributed by atoms with Crippen molar-refractivity contribution in [1.82, 2.24) is 9.80 Å². The summed E-state index contributed by atoms with van der Waals surface area (Å²) >= 11 is 1.54. The molecule has 0 radical (unpaired) electrons. The molecule has 8 nitrogen and oxygen atoms in total. The molecule has 2 bridgehead atoms. The van der Waals surface area contributed by atoms with Crippen molar-refractivity contribution in [3.05, 3.63) is 75.5 Å². The van der Waals surface area contributed by atoms with E-state index >= 15 is 0 Å². The van der Waals surface area contributed by atoms with Gasteiger partial charge in [0.25, 0.3) is 0 Å². The minimum Gasteiger partial charge on any atom is -0.493 e. The van der Waals surface area contributed by atoms with Gasteiger partial charge in [0.15, 0.2) is 11.5 Å². The summed E-state index contributed by atoms with van der Waals surface area (Å²) in [5.41, 5.74) is 3.05. The SMILES string of the molecule is COc1cc2c(cc1OC)C1c3ccc(cc3)OCCOCCN(C(=O)Cc3cccs3)CC(=O)N1CC2. The van der Waals surface area contributed by atoms with E-state index in [1.165, 1.54) is 11.3 Å². The van der Waals surface area contributed by atoms with Crippen LogP contribution in [0.2, 0.25) is 0 Å².